The summed E-state index contributed by atoms with van der Waals surface area (Å²) in [5, 5.41) is 21.4. The number of hydrogen-bond acceptors (Lipinski definition) is 8. The van der Waals surface area contributed by atoms with Gasteiger partial charge in [0.25, 0.3) is 0 Å². The van der Waals surface area contributed by atoms with Gasteiger partial charge in [-0.05, 0) is 65.5 Å². The van der Waals surface area contributed by atoms with Gasteiger partial charge in [-0.25, -0.2) is 9.97 Å². The molecule has 10 nitrogen and oxygen atoms in total. The fourth-order valence-electron chi connectivity index (χ4n) is 5.98. The Bertz CT molecular complexity index is 2490. The Kier molecular flexibility index (Phi) is 8.47. The van der Waals surface area contributed by atoms with Gasteiger partial charge in [-0.1, -0.05) is 97.1 Å². The number of fused-ring (bicyclic) bond motifs is 20. The van der Waals surface area contributed by atoms with Gasteiger partial charge in [0.05, 0.1) is 23.3 Å². The Morgan fingerprint density at radius 3 is 0.922 bits per heavy atom. The molecule has 8 aromatic rings. The first kappa shape index (κ1) is 32.9. The van der Waals surface area contributed by atoms with Crippen LogP contribution in [0.15, 0.2) is 118 Å². The summed E-state index contributed by atoms with van der Waals surface area (Å²) < 4.78 is 1.42. The average molecular weight is 828 g/mol. The van der Waals surface area contributed by atoms with Crippen LogP contribution in [0.2, 0.25) is 0 Å². The maximum Gasteiger partial charge on any atom is 2.00 e. The summed E-state index contributed by atoms with van der Waals surface area (Å²) in [6.45, 7) is 0. The first-order valence-electron chi connectivity index (χ1n) is 15.4. The molecule has 2 aliphatic heterocycles. The van der Waals surface area contributed by atoms with Gasteiger partial charge in [-0.15, -0.1) is 0 Å². The first-order chi connectivity index (χ1) is 24.4. The zero-order valence-corrected chi connectivity index (χ0v) is 30.9. The number of aromatic hydroxyl groups is 2. The number of phenolic OH excluding ortho intramolecular Hbond substituents is 2. The van der Waals surface area contributed by atoms with Crippen LogP contribution in [0.3, 0.4) is 0 Å². The molecule has 0 spiro atoms. The Morgan fingerprint density at radius 2 is 0.647 bits per heavy atom. The van der Waals surface area contributed by atoms with E-state index in [0.717, 1.165) is 43.8 Å². The summed E-state index contributed by atoms with van der Waals surface area (Å²) >= 11 is 6.32. The van der Waals surface area contributed by atoms with E-state index in [1.54, 1.807) is 0 Å². The van der Waals surface area contributed by atoms with E-state index in [-0.39, 0.29) is 33.2 Å². The van der Waals surface area contributed by atoms with Crippen LogP contribution in [0.25, 0.3) is 89.7 Å². The number of hydrogen-bond donors (Lipinski definition) is 2. The van der Waals surface area contributed by atoms with Crippen LogP contribution in [-0.2, 0) is 21.7 Å². The van der Waals surface area contributed by atoms with E-state index < -0.39 is 0 Å². The maximum absolute atomic E-state index is 8.92. The number of benzene rings is 5. The van der Waals surface area contributed by atoms with Crippen LogP contribution in [0.4, 0.5) is 0 Å². The molecule has 0 fully saturated rings. The van der Waals surface area contributed by atoms with E-state index in [1.807, 2.05) is 97.1 Å². The predicted octanol–water partition coefficient (Wildman–Crippen LogP) is 8.75. The minimum atomic E-state index is -0.130. The van der Waals surface area contributed by atoms with Gasteiger partial charge in [-0.3, -0.25) is 0 Å². The molecule has 8 bridgehead atoms. The van der Waals surface area contributed by atoms with Crippen LogP contribution in [0.1, 0.15) is 0 Å². The quantitative estimate of drug-likeness (QED) is 0.112. The molecule has 0 saturated carbocycles. The number of halogens is 2. The number of phenols is 2. The Labute approximate surface area is 320 Å². The molecule has 0 atom stereocenters. The molecule has 0 unspecified atom stereocenters. The molecular weight excluding hydrogens is 808 g/mol. The minimum absolute atomic E-state index is 0. The largest absolute Gasteiger partial charge is 2.00 e. The monoisotopic (exact) mass is 826 g/mol. The van der Waals surface area contributed by atoms with E-state index in [2.05, 4.69) is 31.9 Å². The van der Waals surface area contributed by atoms with Crippen molar-refractivity contribution in [1.82, 2.24) is 39.9 Å². The summed E-state index contributed by atoms with van der Waals surface area (Å²) in [7, 11) is 0. The molecule has 242 valence electrons. The van der Waals surface area contributed by atoms with Crippen LogP contribution < -0.4 is 9.97 Å². The summed E-state index contributed by atoms with van der Waals surface area (Å²) in [5.74, 6) is 1.95. The topological polar surface area (TPSA) is 146 Å². The standard InChI is InChI=1S/C32H16N8.C6H4Br2O2.Ti/c1-2-10-18-17(9-1)25-33-26(18)38-28-21-13-5-6-14-22(21)30(35-28)40-32-24-16-8-7-15-23(24)31(36-32)39-29-20-12-4-3-11-19(20)27(34-29)37-25;7-3-1-5(9)6(10)2-4(3)8;/h1-16H;1-2,9-10H;/q-2;;+2. The van der Waals surface area contributed by atoms with E-state index in [9.17, 15) is 0 Å². The third kappa shape index (κ3) is 5.79. The van der Waals surface area contributed by atoms with E-state index in [0.29, 0.717) is 54.8 Å². The van der Waals surface area contributed by atoms with Gasteiger partial charge in [0.15, 0.2) is 11.5 Å². The molecule has 5 heterocycles. The van der Waals surface area contributed by atoms with Crippen molar-refractivity contribution < 1.29 is 31.9 Å². The smallest absolute Gasteiger partial charge is 0.504 e. The second-order valence-electron chi connectivity index (χ2n) is 11.4. The molecule has 3 aromatic heterocycles. The zero-order valence-electron chi connectivity index (χ0n) is 26.1. The number of nitrogens with zero attached hydrogens (tertiary/aromatic N) is 8. The van der Waals surface area contributed by atoms with Gasteiger partial charge in [0.2, 0.25) is 0 Å². The summed E-state index contributed by atoms with van der Waals surface area (Å²) in [5.41, 5.74) is 5.78. The molecule has 13 heteroatoms. The van der Waals surface area contributed by atoms with Crippen molar-refractivity contribution in [2.24, 2.45) is 0 Å². The molecule has 10 rings (SSSR count). The van der Waals surface area contributed by atoms with Crippen LogP contribution in [0, 0.1) is 0 Å². The normalized spacial score (nSPS) is 11.3. The summed E-state index contributed by atoms with van der Waals surface area (Å²) in [6.07, 6.45) is 0. The molecule has 0 radical (unpaired) electrons. The van der Waals surface area contributed by atoms with Crippen molar-refractivity contribution in [2.75, 3.05) is 0 Å². The third-order valence-electron chi connectivity index (χ3n) is 8.35. The Hall–Kier alpha value is -5.27. The third-order valence-corrected chi connectivity index (χ3v) is 10.2. The SMILES string of the molecule is Oc1cc(Br)c(Br)cc1O.[Ti+2].c1ccc2c(c1)-c1nc-2nc2[n-]c(nc3nc(nc4[n-]c(n1)c1ccccc41)-c1ccccc1-3)c1ccccc21. The fourth-order valence-corrected chi connectivity index (χ4v) is 6.65. The van der Waals surface area contributed by atoms with Crippen molar-refractivity contribution in [2.45, 2.75) is 0 Å². The second kappa shape index (κ2) is 13.1. The molecular formula is C38H20Br2N8O2Ti. The van der Waals surface area contributed by atoms with Crippen LogP contribution in [0.5, 0.6) is 11.5 Å². The second-order valence-corrected chi connectivity index (χ2v) is 13.1. The average Bonchev–Trinajstić information content (AvgIpc) is 3.87. The van der Waals surface area contributed by atoms with Crippen LogP contribution in [-0.4, -0.2) is 40.1 Å². The molecule has 0 saturated heterocycles. The Balaban J connectivity index is 0.000000297. The van der Waals surface area contributed by atoms with E-state index >= 15 is 0 Å². The number of rotatable bonds is 0. The molecule has 2 aliphatic rings. The van der Waals surface area contributed by atoms with Crippen molar-refractivity contribution >= 4 is 76.0 Å². The molecule has 51 heavy (non-hydrogen) atoms. The van der Waals surface area contributed by atoms with Gasteiger partial charge in [0, 0.05) is 53.8 Å². The molecule has 2 N–H and O–H groups in total. The van der Waals surface area contributed by atoms with E-state index in [1.165, 1.54) is 12.1 Å². The predicted molar refractivity (Wildman–Crippen MR) is 199 cm³/mol. The summed E-state index contributed by atoms with van der Waals surface area (Å²) in [4.78, 5) is 39.3. The molecule has 0 amide bonds. The van der Waals surface area contributed by atoms with Gasteiger partial charge >= 0.3 is 21.7 Å². The van der Waals surface area contributed by atoms with Crippen molar-refractivity contribution in [3.63, 3.8) is 0 Å². The fraction of sp³-hybridized carbons (Fsp3) is 0. The van der Waals surface area contributed by atoms with Crippen molar-refractivity contribution in [1.29, 1.82) is 0 Å². The Morgan fingerprint density at radius 1 is 0.392 bits per heavy atom. The van der Waals surface area contributed by atoms with Gasteiger partial charge in [0.1, 0.15) is 0 Å². The van der Waals surface area contributed by atoms with Crippen molar-refractivity contribution in [3.8, 4) is 57.1 Å². The van der Waals surface area contributed by atoms with Gasteiger partial charge < -0.3 is 40.1 Å². The van der Waals surface area contributed by atoms with Crippen LogP contribution >= 0.6 is 31.9 Å². The minimum Gasteiger partial charge on any atom is -0.504 e. The maximum atomic E-state index is 8.92. The van der Waals surface area contributed by atoms with Crippen molar-refractivity contribution in [3.05, 3.63) is 118 Å². The van der Waals surface area contributed by atoms with Gasteiger partial charge in [-0.2, -0.15) is 0 Å². The molecule has 0 aliphatic carbocycles. The summed E-state index contributed by atoms with van der Waals surface area (Å²) in [6, 6.07) is 34.7. The van der Waals surface area contributed by atoms with E-state index in [4.69, 9.17) is 50.1 Å². The first-order valence-corrected chi connectivity index (χ1v) is 17.0. The zero-order chi connectivity index (χ0) is 33.9. The number of aromatic nitrogens is 8. The molecule has 5 aromatic carbocycles.